The number of para-hydroxylation sites is 4. The van der Waals surface area contributed by atoms with Crippen LogP contribution in [0.15, 0.2) is 146 Å². The zero-order valence-corrected chi connectivity index (χ0v) is 46.0. The summed E-state index contributed by atoms with van der Waals surface area (Å²) in [4.78, 5) is 14.8. The number of likely N-dealkylation sites (tertiary alicyclic amines) is 2. The van der Waals surface area contributed by atoms with Gasteiger partial charge in [0.25, 0.3) is 0 Å². The molecule has 0 radical (unpaired) electrons. The first kappa shape index (κ1) is 53.2. The molecule has 3 N–H and O–H groups in total. The van der Waals surface area contributed by atoms with Crippen molar-refractivity contribution in [2.45, 2.75) is 63.7 Å². The third-order valence-electron chi connectivity index (χ3n) is 13.2. The number of benzene rings is 6. The van der Waals surface area contributed by atoms with Crippen molar-refractivity contribution >= 4 is 95.2 Å². The maximum absolute atomic E-state index is 13.4. The van der Waals surface area contributed by atoms with Crippen LogP contribution in [0.3, 0.4) is 0 Å². The van der Waals surface area contributed by atoms with Crippen molar-refractivity contribution in [3.63, 3.8) is 0 Å². The number of hydrogen-bond donors (Lipinski definition) is 3. The molecule has 368 valence electrons. The summed E-state index contributed by atoms with van der Waals surface area (Å²) in [5, 5.41) is 16.9. The van der Waals surface area contributed by atoms with Gasteiger partial charge in [-0.15, -0.1) is 24.0 Å². The van der Waals surface area contributed by atoms with E-state index in [2.05, 4.69) is 91.1 Å². The van der Waals surface area contributed by atoms with Crippen LogP contribution >= 0.6 is 61.2 Å². The number of rotatable bonds is 15. The predicted octanol–water partition coefficient (Wildman–Crippen LogP) is 12.8. The lowest BCUT2D eigenvalue weighted by atomic mass is 10.0. The first-order chi connectivity index (χ1) is 33.8. The molecule has 2 saturated heterocycles. The molecule has 70 heavy (non-hydrogen) atoms. The standard InChI is InChI=1S/C28H31FN4O.C27H29FN4O.I2.HI/c1-34-25-12-8-21(9-13-25)14-17-32-18-15-24(16-19-32)30-28-31-26-4-2-3-5-27(26)33(28)20-22-6-10-23(29)11-7-22;28-22-9-5-21(6-10-22)19-32-26-4-2-1-3-25(26)30-27(32)29-23-14-17-31(18-15-23)16-13-20-7-11-24(33)12-8-20;1-2;/h2-13,24H,14-20H2,1H3,(H,30,31);1-12,23,33H,13-19H2,(H,29,30);;1H. The van der Waals surface area contributed by atoms with Crippen molar-refractivity contribution in [1.82, 2.24) is 28.9 Å². The van der Waals surface area contributed by atoms with Gasteiger partial charge in [-0.05, 0) is 134 Å². The third-order valence-corrected chi connectivity index (χ3v) is 13.2. The molecule has 2 aliphatic rings. The van der Waals surface area contributed by atoms with Gasteiger partial charge in [0.2, 0.25) is 11.9 Å². The summed E-state index contributed by atoms with van der Waals surface area (Å²) in [5.74, 6) is 2.56. The van der Waals surface area contributed by atoms with Gasteiger partial charge in [-0.2, -0.15) is 0 Å². The number of phenolic OH excluding ortho intramolecular Hbond substituents is 1. The molecule has 6 aromatic carbocycles. The monoisotopic (exact) mass is 1280 g/mol. The highest BCUT2D eigenvalue weighted by atomic mass is 128. The van der Waals surface area contributed by atoms with Crippen LogP contribution in [0.1, 0.15) is 47.9 Å². The summed E-state index contributed by atoms with van der Waals surface area (Å²) in [6.07, 6.45) is 6.34. The lowest BCUT2D eigenvalue weighted by molar-refractivity contribution is 0.221. The molecular formula is C55H61F2I3N8O2. The third kappa shape index (κ3) is 14.8. The Morgan fingerprint density at radius 1 is 0.543 bits per heavy atom. The van der Waals surface area contributed by atoms with Gasteiger partial charge in [0, 0.05) is 88.6 Å². The Balaban J connectivity index is 0.000000197. The first-order valence-corrected chi connectivity index (χ1v) is 30.0. The van der Waals surface area contributed by atoms with Gasteiger partial charge in [0.1, 0.15) is 23.1 Å². The number of methoxy groups -OCH3 is 1. The molecule has 0 atom stereocenters. The van der Waals surface area contributed by atoms with E-state index in [-0.39, 0.29) is 35.6 Å². The number of nitrogens with one attached hydrogen (secondary N) is 2. The van der Waals surface area contributed by atoms with E-state index in [4.69, 9.17) is 14.7 Å². The van der Waals surface area contributed by atoms with Crippen LogP contribution in [0.5, 0.6) is 11.5 Å². The minimum atomic E-state index is -0.218. The van der Waals surface area contributed by atoms with Gasteiger partial charge in [-0.1, -0.05) is 72.8 Å². The van der Waals surface area contributed by atoms with Crippen LogP contribution in [0.2, 0.25) is 0 Å². The van der Waals surface area contributed by atoms with Crippen molar-refractivity contribution < 1.29 is 18.6 Å². The van der Waals surface area contributed by atoms with Crippen molar-refractivity contribution in [3.05, 3.63) is 179 Å². The number of anilines is 2. The average Bonchev–Trinajstić information content (AvgIpc) is 3.92. The van der Waals surface area contributed by atoms with Gasteiger partial charge < -0.3 is 39.4 Å². The summed E-state index contributed by atoms with van der Waals surface area (Å²) in [5.41, 5.74) is 8.81. The number of phenols is 1. The van der Waals surface area contributed by atoms with Crippen molar-refractivity contribution in [3.8, 4) is 11.5 Å². The van der Waals surface area contributed by atoms with E-state index >= 15 is 0 Å². The van der Waals surface area contributed by atoms with Gasteiger partial charge in [0.15, 0.2) is 0 Å². The predicted molar refractivity (Wildman–Crippen MR) is 309 cm³/mol. The highest BCUT2D eigenvalue weighted by Crippen LogP contribution is 2.26. The summed E-state index contributed by atoms with van der Waals surface area (Å²) >= 11 is 4.24. The second kappa shape index (κ2) is 26.8. The van der Waals surface area contributed by atoms with E-state index in [1.807, 2.05) is 84.9 Å². The molecule has 2 aliphatic heterocycles. The highest BCUT2D eigenvalue weighted by Gasteiger charge is 2.23. The number of piperidine rings is 2. The molecule has 10 nitrogen and oxygen atoms in total. The number of hydrogen-bond acceptors (Lipinski definition) is 8. The van der Waals surface area contributed by atoms with Gasteiger partial charge in [-0.25, -0.2) is 18.7 Å². The maximum Gasteiger partial charge on any atom is 0.204 e. The van der Waals surface area contributed by atoms with Crippen molar-refractivity contribution in [1.29, 1.82) is 0 Å². The number of halogens is 5. The van der Waals surface area contributed by atoms with Crippen LogP contribution in [-0.4, -0.2) is 92.5 Å². The summed E-state index contributed by atoms with van der Waals surface area (Å²) in [6, 6.07) is 46.4. The van der Waals surface area contributed by atoms with Gasteiger partial charge in [0.05, 0.1) is 42.3 Å². The topological polar surface area (TPSA) is 95.6 Å². The van der Waals surface area contributed by atoms with Gasteiger partial charge >= 0.3 is 0 Å². The Hall–Kier alpha value is -4.57. The SMILES string of the molecule is COc1ccc(CCN2CCC(Nc3nc4ccccc4n3Cc3ccc(F)cc3)CC2)cc1.I.II.Oc1ccc(CCN2CCC(Nc3nc4ccccc4n3Cc3ccc(F)cc3)CC2)cc1. The van der Waals surface area contributed by atoms with Crippen LogP contribution in [0.4, 0.5) is 20.7 Å². The fourth-order valence-corrected chi connectivity index (χ4v) is 9.23. The molecule has 0 aliphatic carbocycles. The van der Waals surface area contributed by atoms with E-state index in [0.29, 0.717) is 30.9 Å². The summed E-state index contributed by atoms with van der Waals surface area (Å²) in [6.45, 7) is 7.65. The van der Waals surface area contributed by atoms with Crippen LogP contribution in [0, 0.1) is 11.6 Å². The molecule has 0 saturated carbocycles. The lowest BCUT2D eigenvalue weighted by Gasteiger charge is -2.32. The van der Waals surface area contributed by atoms with Crippen molar-refractivity contribution in [2.75, 3.05) is 57.0 Å². The molecule has 0 spiro atoms. The van der Waals surface area contributed by atoms with Crippen LogP contribution in [0.25, 0.3) is 22.1 Å². The van der Waals surface area contributed by atoms with Gasteiger partial charge in [-0.3, -0.25) is 0 Å². The molecule has 2 fully saturated rings. The fraction of sp³-hybridized carbons (Fsp3) is 0.309. The fourth-order valence-electron chi connectivity index (χ4n) is 9.23. The molecule has 8 aromatic rings. The molecule has 10 rings (SSSR count). The molecule has 0 unspecified atom stereocenters. The number of aromatic hydroxyl groups is 1. The lowest BCUT2D eigenvalue weighted by Crippen LogP contribution is -2.40. The van der Waals surface area contributed by atoms with Crippen LogP contribution in [-0.2, 0) is 25.9 Å². The van der Waals surface area contributed by atoms with Crippen LogP contribution < -0.4 is 15.4 Å². The van der Waals surface area contributed by atoms with E-state index in [0.717, 1.165) is 129 Å². The van der Waals surface area contributed by atoms with E-state index in [9.17, 15) is 13.9 Å². The number of aromatic nitrogens is 4. The average molecular weight is 1280 g/mol. The number of nitrogens with zero attached hydrogens (tertiary/aromatic N) is 6. The zero-order valence-electron chi connectivity index (χ0n) is 39.4. The second-order valence-electron chi connectivity index (χ2n) is 17.8. The van der Waals surface area contributed by atoms with E-state index in [1.54, 1.807) is 19.2 Å². The number of fused-ring (bicyclic) bond motifs is 2. The largest absolute Gasteiger partial charge is 0.508 e. The van der Waals surface area contributed by atoms with E-state index in [1.165, 1.54) is 35.4 Å². The van der Waals surface area contributed by atoms with Crippen molar-refractivity contribution in [2.24, 2.45) is 0 Å². The van der Waals surface area contributed by atoms with E-state index < -0.39 is 0 Å². The molecule has 15 heteroatoms. The Morgan fingerprint density at radius 2 is 0.914 bits per heavy atom. The maximum atomic E-state index is 13.4. The quantitative estimate of drug-likeness (QED) is 0.0874. The summed E-state index contributed by atoms with van der Waals surface area (Å²) < 4.78 is 36.4. The Morgan fingerprint density at radius 3 is 1.31 bits per heavy atom. The number of ether oxygens (including phenoxy) is 1. The first-order valence-electron chi connectivity index (χ1n) is 23.7. The minimum absolute atomic E-state index is 0. The molecule has 2 aromatic heterocycles. The summed E-state index contributed by atoms with van der Waals surface area (Å²) in [7, 11) is 1.70. The Bertz CT molecular complexity index is 2810. The molecular weight excluding hydrogens is 1220 g/mol. The molecule has 4 heterocycles. The zero-order chi connectivity index (χ0) is 48.0. The molecule has 0 bridgehead atoms. The smallest absolute Gasteiger partial charge is 0.204 e. The Labute approximate surface area is 450 Å². The molecule has 0 amide bonds. The number of imidazole rings is 2. The Kier molecular flexibility index (Phi) is 20.3. The minimum Gasteiger partial charge on any atom is -0.508 e. The normalized spacial score (nSPS) is 14.5. The highest BCUT2D eigenvalue weighted by molar-refractivity contribution is 15.0. The second-order valence-corrected chi connectivity index (χ2v) is 17.8.